The van der Waals surface area contributed by atoms with Crippen LogP contribution < -0.4 is 14.4 Å². The number of alkyl halides is 1. The Morgan fingerprint density at radius 3 is 2.33 bits per heavy atom. The fourth-order valence-corrected chi connectivity index (χ4v) is 2.10. The summed E-state index contributed by atoms with van der Waals surface area (Å²) in [7, 11) is 2.97. The van der Waals surface area contributed by atoms with E-state index in [1.807, 2.05) is 0 Å². The quantitative estimate of drug-likeness (QED) is 0.614. The maximum Gasteiger partial charge on any atom is 0.299 e. The van der Waals surface area contributed by atoms with E-state index in [1.165, 1.54) is 25.2 Å². The first-order chi connectivity index (χ1) is 8.63. The molecule has 0 bridgehead atoms. The molecule has 0 unspecified atom stereocenters. The van der Waals surface area contributed by atoms with Crippen molar-refractivity contribution >= 4 is 29.0 Å². The molecule has 5 nitrogen and oxygen atoms in total. The molecular weight excluding hydrogens is 258 g/mol. The molecule has 0 saturated carbocycles. The number of nitrogens with zero attached hydrogens (tertiary/aromatic N) is 1. The number of fused-ring (bicyclic) bond motifs is 1. The molecule has 1 amide bonds. The van der Waals surface area contributed by atoms with Gasteiger partial charge in [-0.05, 0) is 6.07 Å². The van der Waals surface area contributed by atoms with E-state index in [4.69, 9.17) is 21.1 Å². The summed E-state index contributed by atoms with van der Waals surface area (Å²) in [5.74, 6) is 0.0350. The second kappa shape index (κ2) is 4.86. The van der Waals surface area contributed by atoms with Crippen LogP contribution in [0.1, 0.15) is 10.4 Å². The van der Waals surface area contributed by atoms with Crippen molar-refractivity contribution in [2.24, 2.45) is 0 Å². The lowest BCUT2D eigenvalue weighted by atomic mass is 10.1. The van der Waals surface area contributed by atoms with Crippen LogP contribution in [-0.4, -0.2) is 38.3 Å². The summed E-state index contributed by atoms with van der Waals surface area (Å²) in [6, 6.07) is 3.13. The van der Waals surface area contributed by atoms with E-state index in [2.05, 4.69) is 0 Å². The summed E-state index contributed by atoms with van der Waals surface area (Å²) in [6.45, 7) is 0.286. The number of hydrogen-bond donors (Lipinski definition) is 0. The molecule has 0 radical (unpaired) electrons. The van der Waals surface area contributed by atoms with Crippen molar-refractivity contribution in [3.63, 3.8) is 0 Å². The number of halogens is 1. The highest BCUT2D eigenvalue weighted by molar-refractivity contribution is 6.52. The Morgan fingerprint density at radius 1 is 1.17 bits per heavy atom. The minimum absolute atomic E-state index is 0.257. The van der Waals surface area contributed by atoms with Gasteiger partial charge in [0.1, 0.15) is 0 Å². The summed E-state index contributed by atoms with van der Waals surface area (Å²) in [6.07, 6.45) is 0. The Hall–Kier alpha value is -1.75. The zero-order valence-corrected chi connectivity index (χ0v) is 10.8. The van der Waals surface area contributed by atoms with Gasteiger partial charge in [0.25, 0.3) is 11.7 Å². The highest BCUT2D eigenvalue weighted by Gasteiger charge is 2.36. The lowest BCUT2D eigenvalue weighted by Gasteiger charge is -2.16. The van der Waals surface area contributed by atoms with Gasteiger partial charge in [0.2, 0.25) is 0 Å². The van der Waals surface area contributed by atoms with Crippen LogP contribution in [0.2, 0.25) is 0 Å². The first kappa shape index (κ1) is 12.7. The van der Waals surface area contributed by atoms with Crippen LogP contribution in [0.5, 0.6) is 11.5 Å². The van der Waals surface area contributed by atoms with Gasteiger partial charge < -0.3 is 14.4 Å². The molecule has 0 atom stereocenters. The molecular formula is C12H12ClNO4. The first-order valence-corrected chi connectivity index (χ1v) is 5.85. The third-order valence-corrected chi connectivity index (χ3v) is 2.95. The zero-order valence-electron chi connectivity index (χ0n) is 10.0. The standard InChI is InChI=1S/C12H12ClNO4/c1-17-9-5-7-8(6-10(9)18-2)14(4-3-13)12(16)11(7)15/h5-6H,3-4H2,1-2H3. The maximum absolute atomic E-state index is 11.8. The van der Waals surface area contributed by atoms with Gasteiger partial charge >= 0.3 is 0 Å². The van der Waals surface area contributed by atoms with Gasteiger partial charge in [0.05, 0.1) is 25.5 Å². The average Bonchev–Trinajstić information content (AvgIpc) is 2.62. The summed E-state index contributed by atoms with van der Waals surface area (Å²) < 4.78 is 10.3. The molecule has 18 heavy (non-hydrogen) atoms. The monoisotopic (exact) mass is 269 g/mol. The van der Waals surface area contributed by atoms with E-state index < -0.39 is 11.7 Å². The van der Waals surface area contributed by atoms with Crippen molar-refractivity contribution in [1.82, 2.24) is 0 Å². The van der Waals surface area contributed by atoms with Gasteiger partial charge in [-0.15, -0.1) is 11.6 Å². The largest absolute Gasteiger partial charge is 0.493 e. The summed E-state index contributed by atoms with van der Waals surface area (Å²) in [5, 5.41) is 0. The smallest absolute Gasteiger partial charge is 0.299 e. The number of hydrogen-bond acceptors (Lipinski definition) is 4. The molecule has 1 aromatic rings. The van der Waals surface area contributed by atoms with E-state index >= 15 is 0 Å². The molecule has 0 aliphatic carbocycles. The molecule has 96 valence electrons. The topological polar surface area (TPSA) is 55.8 Å². The molecule has 0 fully saturated rings. The summed E-state index contributed by atoms with van der Waals surface area (Å²) in [5.41, 5.74) is 0.839. The molecule has 2 rings (SSSR count). The van der Waals surface area contributed by atoms with Crippen molar-refractivity contribution < 1.29 is 19.1 Å². The number of amides is 1. The third-order valence-electron chi connectivity index (χ3n) is 2.78. The molecule has 6 heteroatoms. The summed E-state index contributed by atoms with van der Waals surface area (Å²) in [4.78, 5) is 25.0. The number of anilines is 1. The van der Waals surface area contributed by atoms with Crippen LogP contribution in [-0.2, 0) is 4.79 Å². The van der Waals surface area contributed by atoms with Crippen molar-refractivity contribution in [2.45, 2.75) is 0 Å². The molecule has 0 aromatic heterocycles. The Morgan fingerprint density at radius 2 is 1.78 bits per heavy atom. The number of carbonyl (C=O) groups is 2. The van der Waals surface area contributed by atoms with Gasteiger partial charge in [0, 0.05) is 18.5 Å². The van der Waals surface area contributed by atoms with Crippen molar-refractivity contribution in [2.75, 3.05) is 31.5 Å². The van der Waals surface area contributed by atoms with Crippen LogP contribution in [0, 0.1) is 0 Å². The Labute approximate surface area is 109 Å². The number of carbonyl (C=O) groups excluding carboxylic acids is 2. The molecule has 0 saturated heterocycles. The van der Waals surface area contributed by atoms with E-state index in [0.717, 1.165) is 0 Å². The maximum atomic E-state index is 11.8. The second-order valence-electron chi connectivity index (χ2n) is 3.70. The predicted octanol–water partition coefficient (Wildman–Crippen LogP) is 1.47. The molecule has 1 aliphatic heterocycles. The minimum Gasteiger partial charge on any atom is -0.493 e. The Bertz CT molecular complexity index is 515. The SMILES string of the molecule is COc1cc2c(cc1OC)N(CCCl)C(=O)C2=O. The predicted molar refractivity (Wildman–Crippen MR) is 66.9 cm³/mol. The van der Waals surface area contributed by atoms with Gasteiger partial charge in [-0.3, -0.25) is 9.59 Å². The lowest BCUT2D eigenvalue weighted by molar-refractivity contribution is -0.114. The normalized spacial score (nSPS) is 13.8. The van der Waals surface area contributed by atoms with Gasteiger partial charge in [-0.2, -0.15) is 0 Å². The van der Waals surface area contributed by atoms with Crippen LogP contribution in [0.25, 0.3) is 0 Å². The van der Waals surface area contributed by atoms with E-state index in [0.29, 0.717) is 22.7 Å². The second-order valence-corrected chi connectivity index (χ2v) is 4.08. The number of ketones is 1. The van der Waals surface area contributed by atoms with E-state index in [-0.39, 0.29) is 12.4 Å². The van der Waals surface area contributed by atoms with Crippen molar-refractivity contribution in [3.8, 4) is 11.5 Å². The van der Waals surface area contributed by atoms with Gasteiger partial charge in [0.15, 0.2) is 11.5 Å². The third kappa shape index (κ3) is 1.80. The average molecular weight is 270 g/mol. The van der Waals surface area contributed by atoms with Crippen LogP contribution in [0.15, 0.2) is 12.1 Å². The zero-order chi connectivity index (χ0) is 13.3. The Balaban J connectivity index is 2.56. The van der Waals surface area contributed by atoms with Gasteiger partial charge in [-0.1, -0.05) is 0 Å². The molecule has 0 N–H and O–H groups in total. The Kier molecular flexibility index (Phi) is 3.43. The van der Waals surface area contributed by atoms with Crippen LogP contribution in [0.4, 0.5) is 5.69 Å². The number of rotatable bonds is 4. The molecule has 0 spiro atoms. The van der Waals surface area contributed by atoms with Gasteiger partial charge in [-0.25, -0.2) is 0 Å². The molecule has 1 aliphatic rings. The van der Waals surface area contributed by atoms with Crippen molar-refractivity contribution in [1.29, 1.82) is 0 Å². The fraction of sp³-hybridized carbons (Fsp3) is 0.333. The fourth-order valence-electron chi connectivity index (χ4n) is 1.93. The minimum atomic E-state index is -0.569. The molecule has 1 heterocycles. The number of benzene rings is 1. The van der Waals surface area contributed by atoms with E-state index in [9.17, 15) is 9.59 Å². The lowest BCUT2D eigenvalue weighted by Crippen LogP contribution is -2.31. The first-order valence-electron chi connectivity index (χ1n) is 5.32. The van der Waals surface area contributed by atoms with Crippen LogP contribution in [0.3, 0.4) is 0 Å². The number of Topliss-reactive ketones (excluding diaryl/α,β-unsaturated/α-hetero) is 1. The highest BCUT2D eigenvalue weighted by atomic mass is 35.5. The van der Waals surface area contributed by atoms with Crippen molar-refractivity contribution in [3.05, 3.63) is 17.7 Å². The van der Waals surface area contributed by atoms with Crippen LogP contribution >= 0.6 is 11.6 Å². The summed E-state index contributed by atoms with van der Waals surface area (Å²) >= 11 is 5.63. The number of ether oxygens (including phenoxy) is 2. The van der Waals surface area contributed by atoms with E-state index in [1.54, 1.807) is 6.07 Å². The molecule has 1 aromatic carbocycles. The number of methoxy groups -OCH3 is 2. The highest BCUT2D eigenvalue weighted by Crippen LogP contribution is 2.38.